The molecule has 2 aliphatic carbocycles. The molecule has 1 aliphatic heterocycles. The van der Waals surface area contributed by atoms with Crippen molar-refractivity contribution in [2.75, 3.05) is 25.0 Å². The number of carboxylic acids is 1. The van der Waals surface area contributed by atoms with Crippen molar-refractivity contribution in [2.45, 2.75) is 31.3 Å². The molecule has 31 heavy (non-hydrogen) atoms. The van der Waals surface area contributed by atoms with Gasteiger partial charge in [-0.1, -0.05) is 12.2 Å². The molecule has 9 heteroatoms. The van der Waals surface area contributed by atoms with Crippen molar-refractivity contribution in [1.82, 2.24) is 9.88 Å². The molecule has 3 atom stereocenters. The van der Waals surface area contributed by atoms with Crippen LogP contribution in [0.25, 0.3) is 10.9 Å². The zero-order valence-corrected chi connectivity index (χ0v) is 16.9. The highest BCUT2D eigenvalue weighted by atomic mass is 19.2. The number of aromatic carboxylic acids is 1. The summed E-state index contributed by atoms with van der Waals surface area (Å²) in [5.74, 6) is -5.32. The van der Waals surface area contributed by atoms with Crippen molar-refractivity contribution in [3.8, 4) is 0 Å². The number of carbonyl (C=O) groups is 1. The Morgan fingerprint density at radius 1 is 1.16 bits per heavy atom. The van der Waals surface area contributed by atoms with E-state index in [1.54, 1.807) is 0 Å². The zero-order chi connectivity index (χ0) is 22.0. The average Bonchev–Trinajstić information content (AvgIpc) is 3.49. The summed E-state index contributed by atoms with van der Waals surface area (Å²) >= 11 is 0. The van der Waals surface area contributed by atoms with E-state index in [0.717, 1.165) is 12.6 Å². The molecule has 1 aromatic heterocycles. The molecule has 6 nitrogen and oxygen atoms in total. The fourth-order valence-corrected chi connectivity index (χ4v) is 5.13. The van der Waals surface area contributed by atoms with Gasteiger partial charge in [-0.2, -0.15) is 0 Å². The molecule has 2 fully saturated rings. The maximum atomic E-state index is 15.8. The van der Waals surface area contributed by atoms with Gasteiger partial charge in [0, 0.05) is 37.3 Å². The predicted octanol–water partition coefficient (Wildman–Crippen LogP) is 3.05. The number of nitrogens with one attached hydrogen (secondary N) is 1. The lowest BCUT2D eigenvalue weighted by Gasteiger charge is -2.28. The van der Waals surface area contributed by atoms with E-state index in [0.29, 0.717) is 25.9 Å². The molecule has 3 aliphatic rings. The Bertz CT molecular complexity index is 1190. The van der Waals surface area contributed by atoms with Crippen LogP contribution in [0.2, 0.25) is 0 Å². The second-order valence-corrected chi connectivity index (χ2v) is 8.62. The summed E-state index contributed by atoms with van der Waals surface area (Å²) in [6, 6.07) is -0.0922. The van der Waals surface area contributed by atoms with Crippen molar-refractivity contribution in [2.24, 2.45) is 11.8 Å². The molecule has 3 unspecified atom stereocenters. The van der Waals surface area contributed by atoms with Gasteiger partial charge in [-0.05, 0) is 32.2 Å². The fourth-order valence-electron chi connectivity index (χ4n) is 5.13. The molecule has 2 aromatic rings. The van der Waals surface area contributed by atoms with Gasteiger partial charge in [0.2, 0.25) is 5.43 Å². The Balaban J connectivity index is 1.72. The second kappa shape index (κ2) is 7.12. The number of benzene rings is 1. The van der Waals surface area contributed by atoms with Crippen molar-refractivity contribution in [3.63, 3.8) is 0 Å². The molecule has 1 saturated carbocycles. The minimum Gasteiger partial charge on any atom is -0.477 e. The highest BCUT2D eigenvalue weighted by Gasteiger charge is 2.41. The molecular weight excluding hydrogens is 411 g/mol. The van der Waals surface area contributed by atoms with Crippen LogP contribution in [0.3, 0.4) is 0 Å². The lowest BCUT2D eigenvalue weighted by molar-refractivity contribution is 0.0694. The molecule has 0 spiro atoms. The predicted molar refractivity (Wildman–Crippen MR) is 109 cm³/mol. The Morgan fingerprint density at radius 2 is 1.90 bits per heavy atom. The molecule has 2 heterocycles. The van der Waals surface area contributed by atoms with Gasteiger partial charge < -0.3 is 19.9 Å². The van der Waals surface area contributed by atoms with E-state index in [-0.39, 0.29) is 29.4 Å². The first kappa shape index (κ1) is 20.1. The first-order valence-corrected chi connectivity index (χ1v) is 10.4. The normalized spacial score (nSPS) is 25.3. The minimum atomic E-state index is -1.56. The molecule has 2 N–H and O–H groups in total. The third-order valence-corrected chi connectivity index (χ3v) is 6.83. The molecule has 5 rings (SSSR count). The van der Waals surface area contributed by atoms with Gasteiger partial charge in [-0.15, -0.1) is 0 Å². The minimum absolute atomic E-state index is 0.0729. The molecule has 0 amide bonds. The van der Waals surface area contributed by atoms with Crippen LogP contribution in [0.15, 0.2) is 23.1 Å². The van der Waals surface area contributed by atoms with Gasteiger partial charge in [0.1, 0.15) is 11.3 Å². The highest BCUT2D eigenvalue weighted by molar-refractivity contribution is 5.94. The Hall–Kier alpha value is -2.81. The highest BCUT2D eigenvalue weighted by Crippen LogP contribution is 2.42. The second-order valence-electron chi connectivity index (χ2n) is 8.62. The topological polar surface area (TPSA) is 74.6 Å². The SMILES string of the molecule is CNC1CC=CC2CN(c3c(F)c(F)c4c(=O)c(C(=O)O)cn(C5CC5)c4c3F)CC21. The van der Waals surface area contributed by atoms with E-state index >= 15 is 13.2 Å². The number of pyridine rings is 1. The molecule has 1 aromatic carbocycles. The first-order valence-electron chi connectivity index (χ1n) is 10.4. The number of hydrogen-bond donors (Lipinski definition) is 2. The van der Waals surface area contributed by atoms with Crippen molar-refractivity contribution >= 4 is 22.6 Å². The smallest absolute Gasteiger partial charge is 0.341 e. The third-order valence-electron chi connectivity index (χ3n) is 6.83. The monoisotopic (exact) mass is 433 g/mol. The largest absolute Gasteiger partial charge is 0.477 e. The number of aromatic nitrogens is 1. The van der Waals surface area contributed by atoms with E-state index in [1.807, 2.05) is 19.2 Å². The van der Waals surface area contributed by atoms with Crippen LogP contribution in [0, 0.1) is 29.3 Å². The standard InChI is InChI=1S/C22H22F3N3O3/c1-26-14-4-2-3-10-7-27(8-12(10)14)20-17(24)16(23)15-19(18(20)25)28(11-5-6-11)9-13(21(15)29)22(30)31/h2-3,9-12,14,26H,4-8H2,1H3,(H,30,31). The number of nitrogens with zero attached hydrogens (tertiary/aromatic N) is 2. The van der Waals surface area contributed by atoms with Crippen molar-refractivity contribution in [1.29, 1.82) is 0 Å². The molecule has 0 radical (unpaired) electrons. The average molecular weight is 433 g/mol. The number of halogens is 3. The van der Waals surface area contributed by atoms with Crippen molar-refractivity contribution in [3.05, 3.63) is 51.6 Å². The van der Waals surface area contributed by atoms with Gasteiger partial charge in [-0.3, -0.25) is 4.79 Å². The molecule has 0 bridgehead atoms. The summed E-state index contributed by atoms with van der Waals surface area (Å²) in [5.41, 5.74) is -2.75. The quantitative estimate of drug-likeness (QED) is 0.573. The van der Waals surface area contributed by atoms with Gasteiger partial charge in [0.15, 0.2) is 17.5 Å². The maximum Gasteiger partial charge on any atom is 0.341 e. The maximum absolute atomic E-state index is 15.8. The molecule has 1 saturated heterocycles. The zero-order valence-electron chi connectivity index (χ0n) is 16.9. The van der Waals surface area contributed by atoms with Crippen LogP contribution < -0.4 is 15.6 Å². The number of carboxylic acid groups (broad SMARTS) is 1. The van der Waals surface area contributed by atoms with Gasteiger partial charge in [0.25, 0.3) is 0 Å². The molecule has 164 valence electrons. The summed E-state index contributed by atoms with van der Waals surface area (Å²) < 4.78 is 47.4. The van der Waals surface area contributed by atoms with E-state index in [2.05, 4.69) is 5.32 Å². The number of hydrogen-bond acceptors (Lipinski definition) is 4. The lowest BCUT2D eigenvalue weighted by atomic mass is 9.83. The summed E-state index contributed by atoms with van der Waals surface area (Å²) in [6.45, 7) is 0.680. The number of rotatable bonds is 4. The Labute approximate surface area is 176 Å². The van der Waals surface area contributed by atoms with Crippen LogP contribution in [0.4, 0.5) is 18.9 Å². The van der Waals surface area contributed by atoms with E-state index in [4.69, 9.17) is 0 Å². The van der Waals surface area contributed by atoms with Crippen LogP contribution in [-0.4, -0.2) is 41.8 Å². The summed E-state index contributed by atoms with van der Waals surface area (Å²) in [4.78, 5) is 25.6. The van der Waals surface area contributed by atoms with E-state index < -0.39 is 45.5 Å². The molecular formula is C22H22F3N3O3. The van der Waals surface area contributed by atoms with E-state index in [9.17, 15) is 14.7 Å². The van der Waals surface area contributed by atoms with Crippen molar-refractivity contribution < 1.29 is 23.1 Å². The summed E-state index contributed by atoms with van der Waals surface area (Å²) in [6.07, 6.45) is 7.23. The Kier molecular flexibility index (Phi) is 4.62. The fraction of sp³-hybridized carbons (Fsp3) is 0.455. The van der Waals surface area contributed by atoms with Gasteiger partial charge in [0.05, 0.1) is 10.9 Å². The van der Waals surface area contributed by atoms with Crippen LogP contribution in [0.5, 0.6) is 0 Å². The lowest BCUT2D eigenvalue weighted by Crippen LogP contribution is -2.39. The van der Waals surface area contributed by atoms with Gasteiger partial charge in [-0.25, -0.2) is 18.0 Å². The third kappa shape index (κ3) is 2.97. The van der Waals surface area contributed by atoms with Gasteiger partial charge >= 0.3 is 5.97 Å². The van der Waals surface area contributed by atoms with Crippen LogP contribution >= 0.6 is 0 Å². The number of anilines is 1. The Morgan fingerprint density at radius 3 is 2.55 bits per heavy atom. The van der Waals surface area contributed by atoms with Crippen LogP contribution in [-0.2, 0) is 0 Å². The van der Waals surface area contributed by atoms with Crippen LogP contribution in [0.1, 0.15) is 35.7 Å². The van der Waals surface area contributed by atoms with E-state index in [1.165, 1.54) is 9.47 Å². The summed E-state index contributed by atoms with van der Waals surface area (Å²) in [5, 5.41) is 11.7. The first-order chi connectivity index (χ1) is 14.8. The number of fused-ring (bicyclic) bond motifs is 2. The summed E-state index contributed by atoms with van der Waals surface area (Å²) in [7, 11) is 1.84.